The van der Waals surface area contributed by atoms with Crippen LogP contribution in [0.15, 0.2) is 48.7 Å². The number of carbonyl (C=O) groups is 1. The van der Waals surface area contributed by atoms with E-state index in [1.807, 2.05) is 35.7 Å². The summed E-state index contributed by atoms with van der Waals surface area (Å²) in [7, 11) is 0. The molecule has 0 saturated carbocycles. The molecule has 2 N–H and O–H groups in total. The van der Waals surface area contributed by atoms with Crippen LogP contribution in [-0.2, 0) is 17.9 Å². The summed E-state index contributed by atoms with van der Waals surface area (Å²) in [6, 6.07) is 11.5. The predicted octanol–water partition coefficient (Wildman–Crippen LogP) is 4.38. The second kappa shape index (κ2) is 9.12. The van der Waals surface area contributed by atoms with Crippen LogP contribution in [0, 0.1) is 6.92 Å². The normalized spacial score (nSPS) is 11.8. The average Bonchev–Trinajstić information content (AvgIpc) is 3.11. The van der Waals surface area contributed by atoms with Gasteiger partial charge in [0.1, 0.15) is 12.3 Å². The SMILES string of the molecule is Cc1cccc2nc(CNC(=O)Nc3cccc(COCC(F)(F)C(F)F)c3)cn12. The fraction of sp³-hybridized carbons (Fsp3) is 0.300. The van der Waals surface area contributed by atoms with Gasteiger partial charge in [-0.3, -0.25) is 0 Å². The van der Waals surface area contributed by atoms with Crippen LogP contribution in [-0.4, -0.2) is 34.4 Å². The molecule has 2 heterocycles. The highest BCUT2D eigenvalue weighted by Gasteiger charge is 2.40. The van der Waals surface area contributed by atoms with E-state index in [0.29, 0.717) is 16.9 Å². The van der Waals surface area contributed by atoms with Crippen LogP contribution in [0.3, 0.4) is 0 Å². The first-order valence-electron chi connectivity index (χ1n) is 9.06. The van der Waals surface area contributed by atoms with Gasteiger partial charge < -0.3 is 19.8 Å². The standard InChI is InChI=1S/C20H20F4N4O2/c1-13-4-2-7-17-26-16(10-28(13)17)9-25-19(29)27-15-6-3-5-14(8-15)11-30-12-20(23,24)18(21)22/h2-8,10,18H,9,11-12H2,1H3,(H2,25,27,29). The van der Waals surface area contributed by atoms with E-state index in [9.17, 15) is 22.4 Å². The van der Waals surface area contributed by atoms with Crippen molar-refractivity contribution < 1.29 is 27.1 Å². The number of hydrogen-bond acceptors (Lipinski definition) is 3. The molecule has 0 aliphatic heterocycles. The van der Waals surface area contributed by atoms with E-state index in [1.54, 1.807) is 18.2 Å². The summed E-state index contributed by atoms with van der Waals surface area (Å²) in [5, 5.41) is 5.30. The number of benzene rings is 1. The smallest absolute Gasteiger partial charge is 0.330 e. The molecule has 0 aliphatic carbocycles. The first kappa shape index (κ1) is 21.6. The number of imidazole rings is 1. The number of halogens is 4. The number of fused-ring (bicyclic) bond motifs is 1. The number of ether oxygens (including phenoxy) is 1. The summed E-state index contributed by atoms with van der Waals surface area (Å²) in [4.78, 5) is 16.6. The Hall–Kier alpha value is -3.14. The molecule has 2 amide bonds. The third kappa shape index (κ3) is 5.47. The van der Waals surface area contributed by atoms with Crippen LogP contribution in [0.4, 0.5) is 28.0 Å². The quantitative estimate of drug-likeness (QED) is 0.528. The average molecular weight is 424 g/mol. The first-order valence-corrected chi connectivity index (χ1v) is 9.06. The van der Waals surface area contributed by atoms with E-state index in [1.165, 1.54) is 6.07 Å². The molecule has 2 aromatic heterocycles. The van der Waals surface area contributed by atoms with Gasteiger partial charge in [0.25, 0.3) is 0 Å². The summed E-state index contributed by atoms with van der Waals surface area (Å²) < 4.78 is 56.6. The number of aryl methyl sites for hydroxylation is 1. The molecular formula is C20H20F4N4O2. The zero-order valence-corrected chi connectivity index (χ0v) is 16.0. The Morgan fingerprint density at radius 1 is 1.23 bits per heavy atom. The minimum atomic E-state index is -4.20. The van der Waals surface area contributed by atoms with Gasteiger partial charge in [0.05, 0.1) is 18.8 Å². The number of rotatable bonds is 8. The summed E-state index contributed by atoms with van der Waals surface area (Å²) in [5.74, 6) is -4.20. The molecule has 0 aliphatic rings. The Morgan fingerprint density at radius 3 is 2.73 bits per heavy atom. The second-order valence-corrected chi connectivity index (χ2v) is 6.69. The lowest BCUT2D eigenvalue weighted by Gasteiger charge is -2.15. The van der Waals surface area contributed by atoms with Crippen molar-refractivity contribution in [1.82, 2.24) is 14.7 Å². The maximum absolute atomic E-state index is 12.9. The Labute approximate surface area is 169 Å². The molecule has 0 bridgehead atoms. The molecule has 0 radical (unpaired) electrons. The highest BCUT2D eigenvalue weighted by Crippen LogP contribution is 2.23. The van der Waals surface area contributed by atoms with Crippen molar-refractivity contribution >= 4 is 17.4 Å². The van der Waals surface area contributed by atoms with Crippen LogP contribution in [0.2, 0.25) is 0 Å². The molecule has 0 spiro atoms. The van der Waals surface area contributed by atoms with Gasteiger partial charge in [-0.15, -0.1) is 0 Å². The lowest BCUT2D eigenvalue weighted by atomic mass is 10.2. The zero-order chi connectivity index (χ0) is 21.7. The van der Waals surface area contributed by atoms with Crippen molar-refractivity contribution in [3.05, 3.63) is 65.6 Å². The van der Waals surface area contributed by atoms with E-state index in [2.05, 4.69) is 20.4 Å². The summed E-state index contributed by atoms with van der Waals surface area (Å²) in [6.07, 6.45) is -1.95. The molecule has 0 fully saturated rings. The van der Waals surface area contributed by atoms with Crippen LogP contribution >= 0.6 is 0 Å². The summed E-state index contributed by atoms with van der Waals surface area (Å²) in [5.41, 5.74) is 3.33. The van der Waals surface area contributed by atoms with Crippen LogP contribution in [0.1, 0.15) is 17.0 Å². The predicted molar refractivity (Wildman–Crippen MR) is 103 cm³/mol. The number of carbonyl (C=O) groups excluding carboxylic acids is 1. The molecule has 0 saturated heterocycles. The third-order valence-corrected chi connectivity index (χ3v) is 4.24. The first-order chi connectivity index (χ1) is 14.2. The maximum Gasteiger partial charge on any atom is 0.330 e. The Balaban J connectivity index is 1.51. The number of pyridine rings is 1. The molecule has 3 aromatic rings. The highest BCUT2D eigenvalue weighted by atomic mass is 19.3. The van der Waals surface area contributed by atoms with Gasteiger partial charge in [-0.1, -0.05) is 18.2 Å². The second-order valence-electron chi connectivity index (χ2n) is 6.69. The van der Waals surface area contributed by atoms with E-state index >= 15 is 0 Å². The molecule has 0 atom stereocenters. The van der Waals surface area contributed by atoms with Crippen molar-refractivity contribution in [1.29, 1.82) is 0 Å². The van der Waals surface area contributed by atoms with Crippen molar-refractivity contribution in [3.63, 3.8) is 0 Å². The molecule has 6 nitrogen and oxygen atoms in total. The lowest BCUT2D eigenvalue weighted by molar-refractivity contribution is -0.168. The van der Waals surface area contributed by atoms with Crippen molar-refractivity contribution in [2.45, 2.75) is 32.4 Å². The number of urea groups is 1. The van der Waals surface area contributed by atoms with E-state index in [0.717, 1.165) is 11.3 Å². The fourth-order valence-electron chi connectivity index (χ4n) is 2.74. The van der Waals surface area contributed by atoms with E-state index in [4.69, 9.17) is 0 Å². The molecule has 10 heteroatoms. The molecule has 3 rings (SSSR count). The highest BCUT2D eigenvalue weighted by molar-refractivity contribution is 5.89. The number of nitrogens with zero attached hydrogens (tertiary/aromatic N) is 2. The number of hydrogen-bond donors (Lipinski definition) is 2. The molecule has 1 aromatic carbocycles. The van der Waals surface area contributed by atoms with Gasteiger partial charge in [0.15, 0.2) is 0 Å². The summed E-state index contributed by atoms with van der Waals surface area (Å²) in [6.45, 7) is 0.476. The van der Waals surface area contributed by atoms with Crippen molar-refractivity contribution in [2.24, 2.45) is 0 Å². The number of aromatic nitrogens is 2. The van der Waals surface area contributed by atoms with Gasteiger partial charge in [0.2, 0.25) is 0 Å². The number of anilines is 1. The largest absolute Gasteiger partial charge is 0.370 e. The number of amides is 2. The van der Waals surface area contributed by atoms with Crippen LogP contribution in [0.5, 0.6) is 0 Å². The zero-order valence-electron chi connectivity index (χ0n) is 16.0. The number of nitrogens with one attached hydrogen (secondary N) is 2. The van der Waals surface area contributed by atoms with Gasteiger partial charge in [0, 0.05) is 17.6 Å². The topological polar surface area (TPSA) is 67.7 Å². The fourth-order valence-corrected chi connectivity index (χ4v) is 2.74. The van der Waals surface area contributed by atoms with Crippen LogP contribution < -0.4 is 10.6 Å². The van der Waals surface area contributed by atoms with Gasteiger partial charge in [-0.2, -0.15) is 8.78 Å². The minimum Gasteiger partial charge on any atom is -0.370 e. The van der Waals surface area contributed by atoms with E-state index in [-0.39, 0.29) is 13.2 Å². The molecule has 0 unspecified atom stereocenters. The maximum atomic E-state index is 12.9. The van der Waals surface area contributed by atoms with Crippen molar-refractivity contribution in [2.75, 3.05) is 11.9 Å². The van der Waals surface area contributed by atoms with Gasteiger partial charge in [-0.05, 0) is 36.8 Å². The van der Waals surface area contributed by atoms with Gasteiger partial charge in [-0.25, -0.2) is 18.6 Å². The van der Waals surface area contributed by atoms with Crippen molar-refractivity contribution in [3.8, 4) is 0 Å². The number of alkyl halides is 4. The molecular weight excluding hydrogens is 404 g/mol. The Kier molecular flexibility index (Phi) is 6.56. The molecule has 30 heavy (non-hydrogen) atoms. The van der Waals surface area contributed by atoms with E-state index < -0.39 is 25.0 Å². The Morgan fingerprint density at radius 2 is 2.00 bits per heavy atom. The molecule has 160 valence electrons. The Bertz CT molecular complexity index is 1020. The van der Waals surface area contributed by atoms with Crippen LogP contribution in [0.25, 0.3) is 5.65 Å². The summed E-state index contributed by atoms with van der Waals surface area (Å²) >= 11 is 0. The lowest BCUT2D eigenvalue weighted by Crippen LogP contribution is -2.32. The monoisotopic (exact) mass is 424 g/mol. The minimum absolute atomic E-state index is 0.207. The third-order valence-electron chi connectivity index (χ3n) is 4.24. The van der Waals surface area contributed by atoms with Gasteiger partial charge >= 0.3 is 18.4 Å².